The lowest BCUT2D eigenvalue weighted by molar-refractivity contribution is 0.0393. The van der Waals surface area contributed by atoms with Gasteiger partial charge in [0.2, 0.25) is 0 Å². The summed E-state index contributed by atoms with van der Waals surface area (Å²) >= 11 is 0. The van der Waals surface area contributed by atoms with Gasteiger partial charge < -0.3 is 5.11 Å². The standard InChI is InChI=1S/C17H21N3O/c21-17-15-5-2-1-4-13(15)12-16(17)19-10-6-14(7-11-19)20-9-3-8-18-20/h1-5,8-9,14,16-17,21H,6-7,10-12H2. The van der Waals surface area contributed by atoms with Crippen LogP contribution in [0.2, 0.25) is 0 Å². The van der Waals surface area contributed by atoms with Gasteiger partial charge in [0.25, 0.3) is 0 Å². The van der Waals surface area contributed by atoms with Gasteiger partial charge in [0.1, 0.15) is 0 Å². The Morgan fingerprint density at radius 3 is 2.62 bits per heavy atom. The summed E-state index contributed by atoms with van der Waals surface area (Å²) in [5, 5.41) is 14.9. The van der Waals surface area contributed by atoms with Crippen molar-refractivity contribution in [3.63, 3.8) is 0 Å². The predicted molar refractivity (Wildman–Crippen MR) is 81.0 cm³/mol. The zero-order chi connectivity index (χ0) is 14.2. The third kappa shape index (κ3) is 2.28. The minimum atomic E-state index is -0.331. The molecule has 0 spiro atoms. The second kappa shape index (κ2) is 5.28. The molecule has 2 atom stereocenters. The number of aliphatic hydroxyl groups excluding tert-OH is 1. The first-order valence-electron chi connectivity index (χ1n) is 7.82. The van der Waals surface area contributed by atoms with Crippen LogP contribution in [-0.2, 0) is 6.42 Å². The summed E-state index contributed by atoms with van der Waals surface area (Å²) in [6.45, 7) is 2.08. The number of piperidine rings is 1. The van der Waals surface area contributed by atoms with Crippen LogP contribution in [0, 0.1) is 0 Å². The van der Waals surface area contributed by atoms with Crippen LogP contribution in [-0.4, -0.2) is 38.9 Å². The first-order chi connectivity index (χ1) is 10.3. The molecule has 4 heteroatoms. The molecule has 21 heavy (non-hydrogen) atoms. The lowest BCUT2D eigenvalue weighted by atomic mass is 10.0. The molecule has 1 N–H and O–H groups in total. The van der Waals surface area contributed by atoms with Gasteiger partial charge >= 0.3 is 0 Å². The van der Waals surface area contributed by atoms with Gasteiger partial charge in [-0.3, -0.25) is 9.58 Å². The molecule has 0 radical (unpaired) electrons. The topological polar surface area (TPSA) is 41.3 Å². The van der Waals surface area contributed by atoms with Gasteiger partial charge in [0.05, 0.1) is 12.1 Å². The van der Waals surface area contributed by atoms with Crippen LogP contribution in [0.3, 0.4) is 0 Å². The van der Waals surface area contributed by atoms with Gasteiger partial charge in [-0.15, -0.1) is 0 Å². The molecule has 110 valence electrons. The zero-order valence-corrected chi connectivity index (χ0v) is 12.1. The summed E-state index contributed by atoms with van der Waals surface area (Å²) in [6, 6.07) is 11.1. The number of rotatable bonds is 2. The first kappa shape index (κ1) is 13.0. The maximum Gasteiger partial charge on any atom is 0.0951 e. The molecule has 2 heterocycles. The fourth-order valence-electron chi connectivity index (χ4n) is 3.86. The number of hydrogen-bond acceptors (Lipinski definition) is 3. The van der Waals surface area contributed by atoms with Crippen molar-refractivity contribution in [1.29, 1.82) is 0 Å². The second-order valence-electron chi connectivity index (χ2n) is 6.17. The Bertz CT molecular complexity index is 602. The molecule has 1 aliphatic heterocycles. The smallest absolute Gasteiger partial charge is 0.0951 e. The van der Waals surface area contributed by atoms with E-state index in [1.807, 2.05) is 18.3 Å². The normalized spacial score (nSPS) is 26.9. The van der Waals surface area contributed by atoms with Crippen LogP contribution in [0.1, 0.15) is 36.1 Å². The Balaban J connectivity index is 1.44. The van der Waals surface area contributed by atoms with E-state index in [9.17, 15) is 5.11 Å². The van der Waals surface area contributed by atoms with Gasteiger partial charge in [-0.25, -0.2) is 0 Å². The zero-order valence-electron chi connectivity index (χ0n) is 12.1. The molecule has 1 fully saturated rings. The van der Waals surface area contributed by atoms with Gasteiger partial charge in [-0.1, -0.05) is 24.3 Å². The van der Waals surface area contributed by atoms with E-state index in [1.54, 1.807) is 0 Å². The third-order valence-corrected chi connectivity index (χ3v) is 5.03. The van der Waals surface area contributed by atoms with E-state index < -0.39 is 0 Å². The fraction of sp³-hybridized carbons (Fsp3) is 0.471. The van der Waals surface area contributed by atoms with Crippen LogP contribution >= 0.6 is 0 Å². The molecule has 0 saturated carbocycles. The van der Waals surface area contributed by atoms with Crippen molar-refractivity contribution in [2.75, 3.05) is 13.1 Å². The molecular formula is C17H21N3O. The van der Waals surface area contributed by atoms with Crippen LogP contribution in [0.25, 0.3) is 0 Å². The lowest BCUT2D eigenvalue weighted by Gasteiger charge is -2.37. The number of benzene rings is 1. The summed E-state index contributed by atoms with van der Waals surface area (Å²) in [4.78, 5) is 2.46. The molecule has 1 aromatic carbocycles. The van der Waals surface area contributed by atoms with Gasteiger partial charge in [0.15, 0.2) is 0 Å². The van der Waals surface area contributed by atoms with E-state index in [1.165, 1.54) is 5.56 Å². The van der Waals surface area contributed by atoms with Crippen LogP contribution in [0.15, 0.2) is 42.7 Å². The minimum Gasteiger partial charge on any atom is -0.387 e. The highest BCUT2D eigenvalue weighted by atomic mass is 16.3. The van der Waals surface area contributed by atoms with E-state index in [4.69, 9.17) is 0 Å². The van der Waals surface area contributed by atoms with Crippen molar-refractivity contribution in [3.8, 4) is 0 Å². The number of aliphatic hydroxyl groups is 1. The highest BCUT2D eigenvalue weighted by Crippen LogP contribution is 2.36. The number of hydrogen-bond donors (Lipinski definition) is 1. The average Bonchev–Trinajstić information content (AvgIpc) is 3.17. The van der Waals surface area contributed by atoms with E-state index in [0.29, 0.717) is 6.04 Å². The Morgan fingerprint density at radius 2 is 1.90 bits per heavy atom. The van der Waals surface area contributed by atoms with Gasteiger partial charge in [-0.2, -0.15) is 5.10 Å². The van der Waals surface area contributed by atoms with Crippen LogP contribution < -0.4 is 0 Å². The summed E-state index contributed by atoms with van der Waals surface area (Å²) in [7, 11) is 0. The van der Waals surface area contributed by atoms with E-state index >= 15 is 0 Å². The molecule has 2 unspecified atom stereocenters. The summed E-state index contributed by atoms with van der Waals surface area (Å²) < 4.78 is 2.08. The Hall–Kier alpha value is -1.65. The summed E-state index contributed by atoms with van der Waals surface area (Å²) in [5.41, 5.74) is 2.43. The molecule has 1 aliphatic carbocycles. The second-order valence-corrected chi connectivity index (χ2v) is 6.17. The molecule has 2 aliphatic rings. The van der Waals surface area contributed by atoms with Gasteiger partial charge in [0, 0.05) is 31.5 Å². The highest BCUT2D eigenvalue weighted by Gasteiger charge is 2.36. The summed E-state index contributed by atoms with van der Waals surface area (Å²) in [6.07, 6.45) is 6.78. The van der Waals surface area contributed by atoms with Crippen molar-refractivity contribution < 1.29 is 5.11 Å². The molecule has 1 saturated heterocycles. The third-order valence-electron chi connectivity index (χ3n) is 5.03. The highest BCUT2D eigenvalue weighted by molar-refractivity contribution is 5.35. The first-order valence-corrected chi connectivity index (χ1v) is 7.82. The van der Waals surface area contributed by atoms with Crippen molar-refractivity contribution in [1.82, 2.24) is 14.7 Å². The van der Waals surface area contributed by atoms with Crippen molar-refractivity contribution in [2.45, 2.75) is 37.5 Å². The molecule has 0 amide bonds. The Morgan fingerprint density at radius 1 is 1.10 bits per heavy atom. The lowest BCUT2D eigenvalue weighted by Crippen LogP contribution is -2.44. The molecule has 0 bridgehead atoms. The van der Waals surface area contributed by atoms with Crippen molar-refractivity contribution in [2.24, 2.45) is 0 Å². The van der Waals surface area contributed by atoms with Crippen molar-refractivity contribution in [3.05, 3.63) is 53.9 Å². The fourth-order valence-corrected chi connectivity index (χ4v) is 3.86. The number of nitrogens with zero attached hydrogens (tertiary/aromatic N) is 3. The van der Waals surface area contributed by atoms with Gasteiger partial charge in [-0.05, 0) is 36.5 Å². The number of fused-ring (bicyclic) bond motifs is 1. The van der Waals surface area contributed by atoms with E-state index in [0.717, 1.165) is 37.9 Å². The molecule has 4 nitrogen and oxygen atoms in total. The SMILES string of the molecule is OC1c2ccccc2CC1N1CCC(n2cccn2)CC1. The maximum atomic E-state index is 10.6. The van der Waals surface area contributed by atoms with Crippen molar-refractivity contribution >= 4 is 0 Å². The molecule has 4 rings (SSSR count). The average molecular weight is 283 g/mol. The minimum absolute atomic E-state index is 0.251. The van der Waals surface area contributed by atoms with E-state index in [-0.39, 0.29) is 12.1 Å². The number of aromatic nitrogens is 2. The Kier molecular flexibility index (Phi) is 3.28. The molecular weight excluding hydrogens is 262 g/mol. The van der Waals surface area contributed by atoms with Crippen LogP contribution in [0.5, 0.6) is 0 Å². The maximum absolute atomic E-state index is 10.6. The molecule has 1 aromatic heterocycles. The van der Waals surface area contributed by atoms with Crippen LogP contribution in [0.4, 0.5) is 0 Å². The summed E-state index contributed by atoms with van der Waals surface area (Å²) in [5.74, 6) is 0. The molecule has 2 aromatic rings. The largest absolute Gasteiger partial charge is 0.387 e. The predicted octanol–water partition coefficient (Wildman–Crippen LogP) is 2.18. The number of likely N-dealkylation sites (tertiary alicyclic amines) is 1. The Labute approximate surface area is 125 Å². The quantitative estimate of drug-likeness (QED) is 0.918. The van der Waals surface area contributed by atoms with E-state index in [2.05, 4.69) is 39.1 Å². The monoisotopic (exact) mass is 283 g/mol.